The van der Waals surface area contributed by atoms with Gasteiger partial charge in [-0.15, -0.1) is 0 Å². The highest BCUT2D eigenvalue weighted by Gasteiger charge is 2.04. The maximum atomic E-state index is 12.6. The zero-order chi connectivity index (χ0) is 12.0. The summed E-state index contributed by atoms with van der Waals surface area (Å²) in [4.78, 5) is 13.3. The number of likely N-dealkylation sites (N-methyl/N-ethyl adjacent to an activating group) is 1. The molecule has 0 aromatic heterocycles. The van der Waals surface area contributed by atoms with E-state index < -0.39 is 0 Å². The van der Waals surface area contributed by atoms with Gasteiger partial charge in [-0.2, -0.15) is 0 Å². The Bertz CT molecular complexity index is 366. The molecule has 3 heteroatoms. The fraction of sp³-hybridized carbons (Fsp3) is 0.308. The number of hydrogen-bond acceptors (Lipinski definition) is 1. The Morgan fingerprint density at radius 1 is 1.25 bits per heavy atom. The van der Waals surface area contributed by atoms with Crippen molar-refractivity contribution in [2.24, 2.45) is 0 Å². The molecule has 0 radical (unpaired) electrons. The van der Waals surface area contributed by atoms with Gasteiger partial charge in [0.1, 0.15) is 5.82 Å². The maximum absolute atomic E-state index is 12.6. The first kappa shape index (κ1) is 12.4. The number of benzene rings is 1. The molecule has 0 aliphatic carbocycles. The highest BCUT2D eigenvalue weighted by molar-refractivity contribution is 5.91. The van der Waals surface area contributed by atoms with Gasteiger partial charge in [-0.25, -0.2) is 4.39 Å². The van der Waals surface area contributed by atoms with Crippen LogP contribution < -0.4 is 0 Å². The van der Waals surface area contributed by atoms with Crippen molar-refractivity contribution in [3.05, 3.63) is 41.7 Å². The van der Waals surface area contributed by atoms with E-state index in [1.807, 2.05) is 13.8 Å². The van der Waals surface area contributed by atoms with Gasteiger partial charge >= 0.3 is 0 Å². The Kier molecular flexibility index (Phi) is 4.70. The van der Waals surface area contributed by atoms with Crippen molar-refractivity contribution in [2.45, 2.75) is 13.8 Å². The van der Waals surface area contributed by atoms with Gasteiger partial charge in [-0.05, 0) is 37.6 Å². The lowest BCUT2D eigenvalue weighted by Crippen LogP contribution is -2.28. The van der Waals surface area contributed by atoms with Crippen LogP contribution in [0.5, 0.6) is 0 Å². The first-order valence-corrected chi connectivity index (χ1v) is 5.40. The van der Waals surface area contributed by atoms with E-state index in [0.717, 1.165) is 5.56 Å². The second kappa shape index (κ2) is 6.05. The van der Waals surface area contributed by atoms with Crippen LogP contribution in [0.3, 0.4) is 0 Å². The minimum atomic E-state index is -0.271. The van der Waals surface area contributed by atoms with Gasteiger partial charge in [0.05, 0.1) is 0 Å². The predicted octanol–water partition coefficient (Wildman–Crippen LogP) is 2.71. The molecule has 1 amide bonds. The average molecular weight is 221 g/mol. The van der Waals surface area contributed by atoms with Gasteiger partial charge in [0, 0.05) is 19.2 Å². The SMILES string of the molecule is CCN(CC)C(=O)C=Cc1ccc(F)cc1. The van der Waals surface area contributed by atoms with Gasteiger partial charge in [-0.3, -0.25) is 4.79 Å². The summed E-state index contributed by atoms with van der Waals surface area (Å²) in [5, 5.41) is 0. The lowest BCUT2D eigenvalue weighted by molar-refractivity contribution is -0.125. The molecule has 0 aliphatic heterocycles. The second-order valence-corrected chi connectivity index (χ2v) is 3.40. The Morgan fingerprint density at radius 2 is 1.81 bits per heavy atom. The minimum Gasteiger partial charge on any atom is -0.340 e. The summed E-state index contributed by atoms with van der Waals surface area (Å²) in [6.07, 6.45) is 3.21. The fourth-order valence-corrected chi connectivity index (χ4v) is 1.38. The Hall–Kier alpha value is -1.64. The second-order valence-electron chi connectivity index (χ2n) is 3.40. The van der Waals surface area contributed by atoms with Crippen LogP contribution in [0.25, 0.3) is 6.08 Å². The molecule has 86 valence electrons. The number of nitrogens with zero attached hydrogens (tertiary/aromatic N) is 1. The summed E-state index contributed by atoms with van der Waals surface area (Å²) in [5.74, 6) is -0.290. The van der Waals surface area contributed by atoms with Crippen molar-refractivity contribution < 1.29 is 9.18 Å². The van der Waals surface area contributed by atoms with Crippen LogP contribution in [0, 0.1) is 5.82 Å². The van der Waals surface area contributed by atoms with E-state index in [9.17, 15) is 9.18 Å². The van der Waals surface area contributed by atoms with Gasteiger partial charge < -0.3 is 4.90 Å². The van der Waals surface area contributed by atoms with Crippen LogP contribution in [0.4, 0.5) is 4.39 Å². The predicted molar refractivity (Wildman–Crippen MR) is 63.4 cm³/mol. The molecule has 2 nitrogen and oxygen atoms in total. The van der Waals surface area contributed by atoms with Gasteiger partial charge in [0.25, 0.3) is 0 Å². The van der Waals surface area contributed by atoms with Crippen molar-refractivity contribution in [1.29, 1.82) is 0 Å². The van der Waals surface area contributed by atoms with Gasteiger partial charge in [-0.1, -0.05) is 12.1 Å². The zero-order valence-corrected chi connectivity index (χ0v) is 9.61. The molecule has 1 rings (SSSR count). The van der Waals surface area contributed by atoms with Crippen molar-refractivity contribution in [3.8, 4) is 0 Å². The number of rotatable bonds is 4. The van der Waals surface area contributed by atoms with Gasteiger partial charge in [0.2, 0.25) is 5.91 Å². The maximum Gasteiger partial charge on any atom is 0.246 e. The summed E-state index contributed by atoms with van der Waals surface area (Å²) in [6, 6.07) is 6.03. The molecule has 1 aromatic carbocycles. The summed E-state index contributed by atoms with van der Waals surface area (Å²) in [6.45, 7) is 5.27. The molecule has 0 saturated carbocycles. The molecule has 0 spiro atoms. The molecular formula is C13H16FNO. The van der Waals surface area contributed by atoms with Crippen LogP contribution in [-0.4, -0.2) is 23.9 Å². The molecule has 0 heterocycles. The van der Waals surface area contributed by atoms with Crippen LogP contribution in [-0.2, 0) is 4.79 Å². The molecule has 0 unspecified atom stereocenters. The molecule has 16 heavy (non-hydrogen) atoms. The number of amides is 1. The number of carbonyl (C=O) groups is 1. The van der Waals surface area contributed by atoms with Gasteiger partial charge in [0.15, 0.2) is 0 Å². The number of halogens is 1. The highest BCUT2D eigenvalue weighted by atomic mass is 19.1. The molecule has 0 N–H and O–H groups in total. The van der Waals surface area contributed by atoms with Crippen LogP contribution in [0.2, 0.25) is 0 Å². The Morgan fingerprint density at radius 3 is 2.31 bits per heavy atom. The summed E-state index contributed by atoms with van der Waals surface area (Å²) in [7, 11) is 0. The third kappa shape index (κ3) is 3.50. The lowest BCUT2D eigenvalue weighted by atomic mass is 10.2. The zero-order valence-electron chi connectivity index (χ0n) is 9.61. The van der Waals surface area contributed by atoms with Crippen LogP contribution in [0.15, 0.2) is 30.3 Å². The van der Waals surface area contributed by atoms with E-state index in [-0.39, 0.29) is 11.7 Å². The Balaban J connectivity index is 2.66. The molecule has 1 aromatic rings. The molecule has 0 atom stereocenters. The standard InChI is InChI=1S/C13H16FNO/c1-3-15(4-2)13(16)10-7-11-5-8-12(14)9-6-11/h5-10H,3-4H2,1-2H3. The van der Waals surface area contributed by atoms with Crippen LogP contribution >= 0.6 is 0 Å². The molecule has 0 fully saturated rings. The van der Waals surface area contributed by atoms with E-state index in [1.165, 1.54) is 18.2 Å². The van der Waals surface area contributed by atoms with E-state index in [4.69, 9.17) is 0 Å². The van der Waals surface area contributed by atoms with E-state index in [0.29, 0.717) is 13.1 Å². The minimum absolute atomic E-state index is 0.0191. The van der Waals surface area contributed by atoms with Crippen molar-refractivity contribution in [3.63, 3.8) is 0 Å². The quantitative estimate of drug-likeness (QED) is 0.716. The molecule has 0 saturated heterocycles. The van der Waals surface area contributed by atoms with Crippen molar-refractivity contribution in [2.75, 3.05) is 13.1 Å². The Labute approximate surface area is 95.4 Å². The number of hydrogen-bond donors (Lipinski definition) is 0. The lowest BCUT2D eigenvalue weighted by Gasteiger charge is -2.15. The third-order valence-corrected chi connectivity index (χ3v) is 2.36. The van der Waals surface area contributed by atoms with E-state index >= 15 is 0 Å². The third-order valence-electron chi connectivity index (χ3n) is 2.36. The average Bonchev–Trinajstić information content (AvgIpc) is 2.30. The van der Waals surface area contributed by atoms with E-state index in [2.05, 4.69) is 0 Å². The van der Waals surface area contributed by atoms with Crippen molar-refractivity contribution >= 4 is 12.0 Å². The monoisotopic (exact) mass is 221 g/mol. The van der Waals surface area contributed by atoms with Crippen molar-refractivity contribution in [1.82, 2.24) is 4.90 Å². The normalized spacial score (nSPS) is 10.7. The molecular weight excluding hydrogens is 205 g/mol. The van der Waals surface area contributed by atoms with E-state index in [1.54, 1.807) is 23.1 Å². The topological polar surface area (TPSA) is 20.3 Å². The largest absolute Gasteiger partial charge is 0.340 e. The summed E-state index contributed by atoms with van der Waals surface area (Å²) >= 11 is 0. The first-order chi connectivity index (χ1) is 7.67. The molecule has 0 aliphatic rings. The smallest absolute Gasteiger partial charge is 0.246 e. The summed E-state index contributed by atoms with van der Waals surface area (Å²) < 4.78 is 12.6. The molecule has 0 bridgehead atoms. The van der Waals surface area contributed by atoms with Crippen LogP contribution in [0.1, 0.15) is 19.4 Å². The first-order valence-electron chi connectivity index (χ1n) is 5.40. The fourth-order valence-electron chi connectivity index (χ4n) is 1.38. The number of carbonyl (C=O) groups excluding carboxylic acids is 1. The highest BCUT2D eigenvalue weighted by Crippen LogP contribution is 2.05. The summed E-state index contributed by atoms with van der Waals surface area (Å²) in [5.41, 5.74) is 0.821.